The smallest absolute Gasteiger partial charge is 0.262 e. The van der Waals surface area contributed by atoms with Crippen molar-refractivity contribution in [2.75, 3.05) is 0 Å². The van der Waals surface area contributed by atoms with E-state index < -0.39 is 5.91 Å². The number of nitrogens with zero attached hydrogens (tertiary/aromatic N) is 3. The molecule has 1 N–H and O–H groups in total. The van der Waals surface area contributed by atoms with E-state index in [9.17, 15) is 9.59 Å². The summed E-state index contributed by atoms with van der Waals surface area (Å²) in [5.74, 6) is 1.01. The highest BCUT2D eigenvalue weighted by Crippen LogP contribution is 2.33. The minimum absolute atomic E-state index is 0.138. The molecule has 0 saturated heterocycles. The van der Waals surface area contributed by atoms with Crippen molar-refractivity contribution in [3.63, 3.8) is 0 Å². The topological polar surface area (TPSA) is 85.6 Å². The van der Waals surface area contributed by atoms with Crippen molar-refractivity contribution in [1.29, 1.82) is 0 Å². The van der Waals surface area contributed by atoms with Crippen molar-refractivity contribution < 1.29 is 9.53 Å². The number of thiophene rings is 1. The number of ether oxygens (including phenoxy) is 1. The second kappa shape index (κ2) is 9.38. The summed E-state index contributed by atoms with van der Waals surface area (Å²) in [5.41, 5.74) is 4.21. The van der Waals surface area contributed by atoms with Gasteiger partial charge in [0.2, 0.25) is 0 Å². The largest absolute Gasteiger partial charge is 0.457 e. The number of rotatable bonds is 6. The molecule has 0 fully saturated rings. The zero-order valence-electron chi connectivity index (χ0n) is 17.9. The minimum atomic E-state index is -0.393. The Hall–Kier alpha value is -3.78. The van der Waals surface area contributed by atoms with Crippen LogP contribution in [0.15, 0.2) is 70.8 Å². The molecule has 0 unspecified atom stereocenters. The van der Waals surface area contributed by atoms with Gasteiger partial charge in [0.1, 0.15) is 22.9 Å². The summed E-state index contributed by atoms with van der Waals surface area (Å²) in [6.07, 6.45) is 7.12. The van der Waals surface area contributed by atoms with E-state index in [1.807, 2.05) is 54.6 Å². The molecule has 33 heavy (non-hydrogen) atoms. The number of nitrogens with one attached hydrogen (secondary N) is 1. The highest BCUT2D eigenvalue weighted by molar-refractivity contribution is 7.18. The molecule has 2 aromatic heterocycles. The van der Waals surface area contributed by atoms with Crippen LogP contribution in [0.5, 0.6) is 11.5 Å². The molecule has 7 nitrogen and oxygen atoms in total. The van der Waals surface area contributed by atoms with E-state index in [2.05, 4.69) is 15.5 Å². The van der Waals surface area contributed by atoms with Crippen molar-refractivity contribution >= 4 is 33.7 Å². The standard InChI is InChI=1S/C25H22N4O3S/c30-22(15-29-16-26-24-23(25(29)31)20-11-4-5-12-21(20)33-24)28-27-14-17-7-6-10-19(13-17)32-18-8-2-1-3-9-18/h1-3,6-10,13-14,16H,4-5,11-12,15H2,(H,28,30). The van der Waals surface area contributed by atoms with E-state index >= 15 is 0 Å². The summed E-state index contributed by atoms with van der Waals surface area (Å²) in [7, 11) is 0. The third-order valence-corrected chi connectivity index (χ3v) is 6.70. The van der Waals surface area contributed by atoms with Crippen LogP contribution in [-0.2, 0) is 24.2 Å². The summed E-state index contributed by atoms with van der Waals surface area (Å²) >= 11 is 1.60. The Morgan fingerprint density at radius 1 is 1.12 bits per heavy atom. The maximum Gasteiger partial charge on any atom is 0.262 e. The molecule has 0 aliphatic heterocycles. The first-order valence-corrected chi connectivity index (χ1v) is 11.6. The lowest BCUT2D eigenvalue weighted by Gasteiger charge is -2.10. The fourth-order valence-electron chi connectivity index (χ4n) is 3.95. The predicted molar refractivity (Wildman–Crippen MR) is 129 cm³/mol. The van der Waals surface area contributed by atoms with Crippen LogP contribution in [0.2, 0.25) is 0 Å². The van der Waals surface area contributed by atoms with Crippen molar-refractivity contribution in [3.05, 3.63) is 87.3 Å². The van der Waals surface area contributed by atoms with Crippen LogP contribution in [0.4, 0.5) is 0 Å². The molecule has 4 aromatic rings. The van der Waals surface area contributed by atoms with E-state index in [1.165, 1.54) is 22.0 Å². The molecule has 0 spiro atoms. The Morgan fingerprint density at radius 2 is 1.94 bits per heavy atom. The molecule has 1 aliphatic carbocycles. The molecule has 0 bridgehead atoms. The SMILES string of the molecule is O=C(Cn1cnc2sc3c(c2c1=O)CCCC3)NN=Cc1cccc(Oc2ccccc2)c1. The molecule has 0 atom stereocenters. The van der Waals surface area contributed by atoms with E-state index in [0.29, 0.717) is 11.1 Å². The number of aryl methyl sites for hydroxylation is 2. The van der Waals surface area contributed by atoms with Gasteiger partial charge in [-0.3, -0.25) is 14.2 Å². The molecule has 0 radical (unpaired) electrons. The number of hydrazone groups is 1. The Morgan fingerprint density at radius 3 is 2.82 bits per heavy atom. The number of para-hydroxylation sites is 1. The van der Waals surface area contributed by atoms with Gasteiger partial charge in [0.25, 0.3) is 11.5 Å². The number of hydrogen-bond acceptors (Lipinski definition) is 6. The van der Waals surface area contributed by atoms with Gasteiger partial charge in [-0.25, -0.2) is 10.4 Å². The third kappa shape index (κ3) is 4.70. The lowest BCUT2D eigenvalue weighted by molar-refractivity contribution is -0.121. The molecule has 2 aromatic carbocycles. The lowest BCUT2D eigenvalue weighted by atomic mass is 9.97. The maximum atomic E-state index is 13.0. The van der Waals surface area contributed by atoms with E-state index in [4.69, 9.17) is 4.74 Å². The van der Waals surface area contributed by atoms with Gasteiger partial charge in [0, 0.05) is 4.88 Å². The van der Waals surface area contributed by atoms with Crippen molar-refractivity contribution in [2.24, 2.45) is 5.10 Å². The van der Waals surface area contributed by atoms with Crippen molar-refractivity contribution in [2.45, 2.75) is 32.2 Å². The van der Waals surface area contributed by atoms with Crippen LogP contribution >= 0.6 is 11.3 Å². The zero-order chi connectivity index (χ0) is 22.6. The van der Waals surface area contributed by atoms with Crippen LogP contribution in [0.3, 0.4) is 0 Å². The Balaban J connectivity index is 1.25. The number of fused-ring (bicyclic) bond motifs is 3. The lowest BCUT2D eigenvalue weighted by Crippen LogP contribution is -2.30. The van der Waals surface area contributed by atoms with Crippen LogP contribution in [0.1, 0.15) is 28.8 Å². The second-order valence-electron chi connectivity index (χ2n) is 7.85. The normalized spacial score (nSPS) is 13.2. The zero-order valence-corrected chi connectivity index (χ0v) is 18.7. The molecule has 5 rings (SSSR count). The Labute approximate surface area is 194 Å². The van der Waals surface area contributed by atoms with Gasteiger partial charge in [-0.2, -0.15) is 5.10 Å². The van der Waals surface area contributed by atoms with Gasteiger partial charge >= 0.3 is 0 Å². The highest BCUT2D eigenvalue weighted by Gasteiger charge is 2.20. The number of aromatic nitrogens is 2. The second-order valence-corrected chi connectivity index (χ2v) is 8.93. The van der Waals surface area contributed by atoms with Gasteiger partial charge in [-0.15, -0.1) is 11.3 Å². The maximum absolute atomic E-state index is 13.0. The van der Waals surface area contributed by atoms with Crippen LogP contribution in [0, 0.1) is 0 Å². The van der Waals surface area contributed by atoms with E-state index in [1.54, 1.807) is 11.3 Å². The molecule has 0 saturated carbocycles. The minimum Gasteiger partial charge on any atom is -0.457 e. The number of benzene rings is 2. The average Bonchev–Trinajstić information content (AvgIpc) is 3.21. The Bertz CT molecular complexity index is 1390. The molecule has 2 heterocycles. The molecular formula is C25H22N4O3S. The molecule has 166 valence electrons. The van der Waals surface area contributed by atoms with Crippen LogP contribution in [0.25, 0.3) is 10.2 Å². The van der Waals surface area contributed by atoms with Gasteiger partial charge in [-0.05, 0) is 61.1 Å². The summed E-state index contributed by atoms with van der Waals surface area (Å²) in [6, 6.07) is 16.9. The van der Waals surface area contributed by atoms with E-state index in [-0.39, 0.29) is 12.1 Å². The average molecular weight is 459 g/mol. The van der Waals surface area contributed by atoms with E-state index in [0.717, 1.165) is 47.4 Å². The predicted octanol–water partition coefficient (Wildman–Crippen LogP) is 4.28. The van der Waals surface area contributed by atoms with Crippen molar-refractivity contribution in [1.82, 2.24) is 15.0 Å². The highest BCUT2D eigenvalue weighted by atomic mass is 32.1. The monoisotopic (exact) mass is 458 g/mol. The van der Waals surface area contributed by atoms with Gasteiger partial charge in [0.05, 0.1) is 17.9 Å². The van der Waals surface area contributed by atoms with Crippen LogP contribution in [-0.4, -0.2) is 21.7 Å². The number of hydrogen-bond donors (Lipinski definition) is 1. The van der Waals surface area contributed by atoms with Crippen LogP contribution < -0.4 is 15.7 Å². The summed E-state index contributed by atoms with van der Waals surface area (Å²) < 4.78 is 7.16. The fraction of sp³-hybridized carbons (Fsp3) is 0.200. The molecule has 8 heteroatoms. The molecule has 1 aliphatic rings. The first kappa shape index (κ1) is 21.1. The summed E-state index contributed by atoms with van der Waals surface area (Å²) in [6.45, 7) is -0.138. The van der Waals surface area contributed by atoms with Gasteiger partial charge in [-0.1, -0.05) is 30.3 Å². The fourth-order valence-corrected chi connectivity index (χ4v) is 5.17. The number of amides is 1. The number of carbonyl (C=O) groups is 1. The summed E-state index contributed by atoms with van der Waals surface area (Å²) in [4.78, 5) is 31.8. The summed E-state index contributed by atoms with van der Waals surface area (Å²) in [5, 5.41) is 4.69. The van der Waals surface area contributed by atoms with Gasteiger partial charge < -0.3 is 4.74 Å². The Kier molecular flexibility index (Phi) is 5.99. The first-order valence-electron chi connectivity index (χ1n) is 10.8. The molecule has 1 amide bonds. The molecular weight excluding hydrogens is 436 g/mol. The van der Waals surface area contributed by atoms with Crippen molar-refractivity contribution in [3.8, 4) is 11.5 Å². The third-order valence-electron chi connectivity index (χ3n) is 5.50. The van der Waals surface area contributed by atoms with Gasteiger partial charge in [0.15, 0.2) is 0 Å². The number of carbonyl (C=O) groups excluding carboxylic acids is 1. The first-order chi connectivity index (χ1) is 16.2. The quantitative estimate of drug-likeness (QED) is 0.345.